The van der Waals surface area contributed by atoms with Crippen LogP contribution in [-0.4, -0.2) is 90.0 Å². The number of rotatable bonds is 3. The van der Waals surface area contributed by atoms with Gasteiger partial charge in [0.25, 0.3) is 0 Å². The maximum atomic E-state index is 12.2. The predicted octanol–water partition coefficient (Wildman–Crippen LogP) is 1.65. The molecule has 10 heteroatoms. The van der Waals surface area contributed by atoms with Gasteiger partial charge in [0, 0.05) is 49.8 Å². The molecule has 1 aliphatic heterocycles. The van der Waals surface area contributed by atoms with E-state index in [0.717, 1.165) is 10.9 Å². The summed E-state index contributed by atoms with van der Waals surface area (Å²) in [5.74, 6) is -0.190. The highest BCUT2D eigenvalue weighted by Gasteiger charge is 2.12. The largest absolute Gasteiger partial charge is 0.423 e. The number of nitrogens with zero attached hydrogens (tertiary/aromatic N) is 1. The summed E-state index contributed by atoms with van der Waals surface area (Å²) in [5.41, 5.74) is 1.42. The molecule has 3 rings (SSSR count). The number of nitrogens with one attached hydrogen (secondary N) is 1. The zero-order valence-corrected chi connectivity index (χ0v) is 19.7. The standard InChI is InChI=1S/C24H34N2O8/c1-19(27)25-21-2-3-22-20(16-24(28)34-23(22)17-21)18-26-4-6-29-8-10-31-12-14-33-15-13-32-11-9-30-7-5-26/h2-3,16-17H,4-15,18H2,1H3,(H,25,27). The van der Waals surface area contributed by atoms with Crippen LogP contribution in [0.4, 0.5) is 5.69 Å². The monoisotopic (exact) mass is 478 g/mol. The van der Waals surface area contributed by atoms with Gasteiger partial charge in [-0.15, -0.1) is 0 Å². The highest BCUT2D eigenvalue weighted by Crippen LogP contribution is 2.22. The van der Waals surface area contributed by atoms with E-state index >= 15 is 0 Å². The number of fused-ring (bicyclic) bond motifs is 1. The second-order valence-electron chi connectivity index (χ2n) is 7.82. The molecule has 1 amide bonds. The summed E-state index contributed by atoms with van der Waals surface area (Å²) in [7, 11) is 0. The zero-order chi connectivity index (χ0) is 24.0. The van der Waals surface area contributed by atoms with Gasteiger partial charge in [0.1, 0.15) is 5.58 Å². The first-order chi connectivity index (χ1) is 16.6. The van der Waals surface area contributed by atoms with E-state index in [0.29, 0.717) is 97.0 Å². The average molecular weight is 479 g/mol. The van der Waals surface area contributed by atoms with Crippen LogP contribution in [0.25, 0.3) is 11.0 Å². The van der Waals surface area contributed by atoms with Crippen molar-refractivity contribution in [3.63, 3.8) is 0 Å². The third-order valence-corrected chi connectivity index (χ3v) is 5.14. The average Bonchev–Trinajstić information content (AvgIpc) is 2.79. The van der Waals surface area contributed by atoms with E-state index in [1.807, 2.05) is 6.07 Å². The Kier molecular flexibility index (Phi) is 11.5. The first-order valence-electron chi connectivity index (χ1n) is 11.6. The van der Waals surface area contributed by atoms with Crippen LogP contribution in [-0.2, 0) is 35.0 Å². The van der Waals surface area contributed by atoms with Crippen molar-refractivity contribution in [1.29, 1.82) is 0 Å². The summed E-state index contributed by atoms with van der Waals surface area (Å²) in [6, 6.07) is 6.82. The third-order valence-electron chi connectivity index (χ3n) is 5.14. The maximum absolute atomic E-state index is 12.2. The quantitative estimate of drug-likeness (QED) is 0.659. The van der Waals surface area contributed by atoms with Crippen molar-refractivity contribution in [2.75, 3.05) is 84.5 Å². The lowest BCUT2D eigenvalue weighted by Gasteiger charge is -2.23. The van der Waals surface area contributed by atoms with Gasteiger partial charge in [0.2, 0.25) is 5.91 Å². The van der Waals surface area contributed by atoms with Crippen LogP contribution in [0.3, 0.4) is 0 Å². The first-order valence-corrected chi connectivity index (χ1v) is 11.6. The summed E-state index contributed by atoms with van der Waals surface area (Å²) in [5, 5.41) is 3.53. The Bertz CT molecular complexity index is 930. The molecule has 0 radical (unpaired) electrons. The summed E-state index contributed by atoms with van der Waals surface area (Å²) < 4.78 is 33.3. The molecule has 0 atom stereocenters. The predicted molar refractivity (Wildman–Crippen MR) is 126 cm³/mol. The van der Waals surface area contributed by atoms with Crippen LogP contribution >= 0.6 is 0 Å². The minimum Gasteiger partial charge on any atom is -0.423 e. The molecule has 0 bridgehead atoms. The minimum atomic E-state index is -0.436. The third kappa shape index (κ3) is 9.49. The molecular weight excluding hydrogens is 444 g/mol. The van der Waals surface area contributed by atoms with Gasteiger partial charge >= 0.3 is 5.63 Å². The summed E-state index contributed by atoms with van der Waals surface area (Å²) in [6.07, 6.45) is 0. The lowest BCUT2D eigenvalue weighted by molar-refractivity contribution is -0.114. The van der Waals surface area contributed by atoms with Gasteiger partial charge in [-0.05, 0) is 17.7 Å². The molecule has 1 saturated heterocycles. The second kappa shape index (κ2) is 14.8. The lowest BCUT2D eigenvalue weighted by Crippen LogP contribution is -2.31. The topological polar surface area (TPSA) is 109 Å². The van der Waals surface area contributed by atoms with E-state index in [9.17, 15) is 9.59 Å². The maximum Gasteiger partial charge on any atom is 0.336 e. The fourth-order valence-corrected chi connectivity index (χ4v) is 3.52. The molecule has 10 nitrogen and oxygen atoms in total. The number of carbonyl (C=O) groups excluding carboxylic acids is 1. The SMILES string of the molecule is CC(=O)Nc1ccc2c(CN3CCOCCOCCOCCOCCOCC3)cc(=O)oc2c1. The molecule has 2 heterocycles. The Hall–Kier alpha value is -2.34. The van der Waals surface area contributed by atoms with Crippen molar-refractivity contribution in [3.05, 3.63) is 40.2 Å². The van der Waals surface area contributed by atoms with Crippen LogP contribution in [0, 0.1) is 0 Å². The Morgan fingerprint density at radius 1 is 0.824 bits per heavy atom. The smallest absolute Gasteiger partial charge is 0.336 e. The van der Waals surface area contributed by atoms with Gasteiger partial charge in [0.15, 0.2) is 0 Å². The van der Waals surface area contributed by atoms with E-state index in [2.05, 4.69) is 10.2 Å². The molecule has 1 fully saturated rings. The molecule has 2 aromatic rings. The Labute approximate surface area is 199 Å². The van der Waals surface area contributed by atoms with Crippen molar-refractivity contribution in [1.82, 2.24) is 4.90 Å². The van der Waals surface area contributed by atoms with Gasteiger partial charge in [-0.1, -0.05) is 0 Å². The Morgan fingerprint density at radius 3 is 1.88 bits per heavy atom. The van der Waals surface area contributed by atoms with Crippen molar-refractivity contribution in [2.24, 2.45) is 0 Å². The fourth-order valence-electron chi connectivity index (χ4n) is 3.52. The number of carbonyl (C=O) groups is 1. The molecule has 0 unspecified atom stereocenters. The summed E-state index contributed by atoms with van der Waals surface area (Å²) >= 11 is 0. The van der Waals surface area contributed by atoms with E-state index in [1.54, 1.807) is 12.1 Å². The number of hydrogen-bond donors (Lipinski definition) is 1. The lowest BCUT2D eigenvalue weighted by atomic mass is 10.1. The normalized spacial score (nSPS) is 18.7. The highest BCUT2D eigenvalue weighted by atomic mass is 16.6. The molecule has 34 heavy (non-hydrogen) atoms. The molecule has 1 N–H and O–H groups in total. The van der Waals surface area contributed by atoms with Crippen LogP contribution < -0.4 is 10.9 Å². The van der Waals surface area contributed by atoms with Gasteiger partial charge in [-0.2, -0.15) is 0 Å². The molecule has 1 aromatic heterocycles. The zero-order valence-electron chi connectivity index (χ0n) is 19.7. The molecular formula is C24H34N2O8. The van der Waals surface area contributed by atoms with E-state index in [-0.39, 0.29) is 5.91 Å². The molecule has 0 saturated carbocycles. The van der Waals surface area contributed by atoms with Crippen LogP contribution in [0.5, 0.6) is 0 Å². The van der Waals surface area contributed by atoms with Crippen molar-refractivity contribution in [2.45, 2.75) is 13.5 Å². The molecule has 0 aliphatic carbocycles. The van der Waals surface area contributed by atoms with Crippen molar-refractivity contribution < 1.29 is 32.9 Å². The van der Waals surface area contributed by atoms with E-state index in [4.69, 9.17) is 28.1 Å². The first kappa shape index (κ1) is 26.3. The van der Waals surface area contributed by atoms with Crippen molar-refractivity contribution in [3.8, 4) is 0 Å². The van der Waals surface area contributed by atoms with Gasteiger partial charge in [-0.3, -0.25) is 9.69 Å². The summed E-state index contributed by atoms with van der Waals surface area (Å²) in [6.45, 7) is 8.42. The van der Waals surface area contributed by atoms with Gasteiger partial charge < -0.3 is 33.4 Å². The second-order valence-corrected chi connectivity index (χ2v) is 7.82. The molecule has 188 valence electrons. The van der Waals surface area contributed by atoms with E-state index in [1.165, 1.54) is 13.0 Å². The number of anilines is 1. The van der Waals surface area contributed by atoms with E-state index < -0.39 is 5.63 Å². The summed E-state index contributed by atoms with van der Waals surface area (Å²) in [4.78, 5) is 25.7. The van der Waals surface area contributed by atoms with Crippen LogP contribution in [0.15, 0.2) is 33.5 Å². The molecule has 1 aromatic carbocycles. The van der Waals surface area contributed by atoms with Crippen molar-refractivity contribution >= 4 is 22.6 Å². The van der Waals surface area contributed by atoms with Gasteiger partial charge in [-0.25, -0.2) is 4.79 Å². The number of ether oxygens (including phenoxy) is 5. The Balaban J connectivity index is 1.65. The fraction of sp³-hybridized carbons (Fsp3) is 0.583. The number of hydrogen-bond acceptors (Lipinski definition) is 9. The Morgan fingerprint density at radius 2 is 1.35 bits per heavy atom. The number of amides is 1. The molecule has 1 aliphatic rings. The highest BCUT2D eigenvalue weighted by molar-refractivity contribution is 5.92. The number of benzene rings is 1. The van der Waals surface area contributed by atoms with Crippen LogP contribution in [0.1, 0.15) is 12.5 Å². The van der Waals surface area contributed by atoms with Crippen LogP contribution in [0.2, 0.25) is 0 Å². The molecule has 0 spiro atoms. The van der Waals surface area contributed by atoms with Gasteiger partial charge in [0.05, 0.1) is 66.1 Å². The minimum absolute atomic E-state index is 0.190.